The van der Waals surface area contributed by atoms with Crippen LogP contribution < -0.4 is 14.8 Å². The quantitative estimate of drug-likeness (QED) is 0.611. The molecule has 4 rings (SSSR count). The number of rotatable bonds is 5. The summed E-state index contributed by atoms with van der Waals surface area (Å²) in [4.78, 5) is 4.48. The summed E-state index contributed by atoms with van der Waals surface area (Å²) in [6.07, 6.45) is -2.69. The van der Waals surface area contributed by atoms with Crippen LogP contribution in [0.25, 0.3) is 11.3 Å². The maximum Gasteiger partial charge on any atom is 0.416 e. The SMILES string of the molecule is CNS(=O)(=O)c1ccc(Nc2ccc(C(F)(F)F)cc2)c(-c2cn3c(n2)O[C@H](C)C3)c1. The molecule has 31 heavy (non-hydrogen) atoms. The van der Waals surface area contributed by atoms with E-state index in [0.717, 1.165) is 12.1 Å². The normalized spacial score (nSPS) is 16.1. The van der Waals surface area contributed by atoms with Gasteiger partial charge in [0, 0.05) is 23.1 Å². The Balaban J connectivity index is 1.74. The van der Waals surface area contributed by atoms with Crippen molar-refractivity contribution in [3.05, 3.63) is 54.2 Å². The van der Waals surface area contributed by atoms with Crippen molar-refractivity contribution < 1.29 is 26.3 Å². The van der Waals surface area contributed by atoms with E-state index in [1.165, 1.54) is 31.3 Å². The first-order chi connectivity index (χ1) is 14.6. The number of aromatic nitrogens is 2. The third-order valence-electron chi connectivity index (χ3n) is 4.84. The number of sulfonamides is 1. The molecule has 0 saturated carbocycles. The van der Waals surface area contributed by atoms with Crippen molar-refractivity contribution in [1.29, 1.82) is 0 Å². The molecule has 7 nitrogen and oxygen atoms in total. The Morgan fingerprint density at radius 1 is 1.16 bits per heavy atom. The van der Waals surface area contributed by atoms with Gasteiger partial charge < -0.3 is 10.1 Å². The summed E-state index contributed by atoms with van der Waals surface area (Å²) < 4.78 is 72.7. The Morgan fingerprint density at radius 2 is 1.87 bits per heavy atom. The van der Waals surface area contributed by atoms with Crippen LogP contribution in [0.4, 0.5) is 24.5 Å². The van der Waals surface area contributed by atoms with Crippen LogP contribution >= 0.6 is 0 Å². The lowest BCUT2D eigenvalue weighted by molar-refractivity contribution is -0.137. The summed E-state index contributed by atoms with van der Waals surface area (Å²) in [5, 5.41) is 3.05. The lowest BCUT2D eigenvalue weighted by Crippen LogP contribution is -2.18. The molecular formula is C20H19F3N4O3S. The molecule has 0 radical (unpaired) electrons. The van der Waals surface area contributed by atoms with E-state index in [2.05, 4.69) is 15.0 Å². The molecule has 0 unspecified atom stereocenters. The number of alkyl halides is 3. The number of nitrogens with zero attached hydrogens (tertiary/aromatic N) is 2. The number of ether oxygens (including phenoxy) is 1. The van der Waals surface area contributed by atoms with Crippen molar-refractivity contribution in [1.82, 2.24) is 14.3 Å². The highest BCUT2D eigenvalue weighted by atomic mass is 32.2. The van der Waals surface area contributed by atoms with Crippen LogP contribution in [0.3, 0.4) is 0 Å². The first kappa shape index (κ1) is 21.2. The fourth-order valence-corrected chi connectivity index (χ4v) is 4.03. The largest absolute Gasteiger partial charge is 0.460 e. The molecule has 1 aliphatic rings. The summed E-state index contributed by atoms with van der Waals surface area (Å²) in [6.45, 7) is 2.52. The number of benzene rings is 2. The van der Waals surface area contributed by atoms with Crippen LogP contribution in [0.1, 0.15) is 12.5 Å². The van der Waals surface area contributed by atoms with E-state index in [4.69, 9.17) is 4.74 Å². The molecular weight excluding hydrogens is 433 g/mol. The summed E-state index contributed by atoms with van der Waals surface area (Å²) in [5.41, 5.74) is 1.08. The van der Waals surface area contributed by atoms with Gasteiger partial charge in [-0.05, 0) is 56.4 Å². The van der Waals surface area contributed by atoms with E-state index in [1.807, 2.05) is 11.5 Å². The van der Waals surface area contributed by atoms with Gasteiger partial charge in [0.2, 0.25) is 10.0 Å². The minimum Gasteiger partial charge on any atom is -0.460 e. The van der Waals surface area contributed by atoms with E-state index in [-0.39, 0.29) is 11.0 Å². The van der Waals surface area contributed by atoms with Crippen molar-refractivity contribution in [3.8, 4) is 17.3 Å². The number of halogens is 3. The number of nitrogens with one attached hydrogen (secondary N) is 2. The molecule has 1 aliphatic heterocycles. The third-order valence-corrected chi connectivity index (χ3v) is 6.25. The first-order valence-corrected chi connectivity index (χ1v) is 10.8. The summed E-state index contributed by atoms with van der Waals surface area (Å²) in [6, 6.07) is 9.40. The predicted molar refractivity (Wildman–Crippen MR) is 109 cm³/mol. The van der Waals surface area contributed by atoms with Crippen LogP contribution in [0.15, 0.2) is 53.6 Å². The average molecular weight is 452 g/mol. The highest BCUT2D eigenvalue weighted by Gasteiger charge is 2.30. The number of anilines is 2. The monoisotopic (exact) mass is 452 g/mol. The van der Waals surface area contributed by atoms with Crippen LogP contribution in [0, 0.1) is 0 Å². The van der Waals surface area contributed by atoms with Gasteiger partial charge in [0.1, 0.15) is 6.10 Å². The summed E-state index contributed by atoms with van der Waals surface area (Å²) in [5.74, 6) is 0. The molecule has 2 N–H and O–H groups in total. The molecule has 0 amide bonds. The van der Waals surface area contributed by atoms with Crippen molar-refractivity contribution in [2.75, 3.05) is 12.4 Å². The van der Waals surface area contributed by atoms with Gasteiger partial charge >= 0.3 is 6.18 Å². The molecule has 11 heteroatoms. The number of hydrogen-bond acceptors (Lipinski definition) is 5. The highest BCUT2D eigenvalue weighted by molar-refractivity contribution is 7.89. The fourth-order valence-electron chi connectivity index (χ4n) is 3.28. The van der Waals surface area contributed by atoms with Crippen LogP contribution in [-0.4, -0.2) is 31.1 Å². The van der Waals surface area contributed by atoms with Gasteiger partial charge in [0.05, 0.1) is 22.7 Å². The second kappa shape index (κ2) is 7.57. The van der Waals surface area contributed by atoms with Crippen molar-refractivity contribution in [3.63, 3.8) is 0 Å². The first-order valence-electron chi connectivity index (χ1n) is 9.33. The van der Waals surface area contributed by atoms with Crippen molar-refractivity contribution >= 4 is 21.4 Å². The minimum atomic E-state index is -4.43. The Hall–Kier alpha value is -3.05. The Kier molecular flexibility index (Phi) is 5.18. The Bertz CT molecular complexity index is 1200. The van der Waals surface area contributed by atoms with Gasteiger partial charge in [0.15, 0.2) is 0 Å². The maximum absolute atomic E-state index is 12.8. The van der Waals surface area contributed by atoms with E-state index in [0.29, 0.717) is 35.2 Å². The third kappa shape index (κ3) is 4.23. The van der Waals surface area contributed by atoms with E-state index < -0.39 is 21.8 Å². The van der Waals surface area contributed by atoms with Gasteiger partial charge in [0.25, 0.3) is 6.01 Å². The Morgan fingerprint density at radius 3 is 2.48 bits per heavy atom. The molecule has 1 atom stereocenters. The zero-order valence-electron chi connectivity index (χ0n) is 16.6. The zero-order chi connectivity index (χ0) is 22.4. The predicted octanol–water partition coefficient (Wildman–Crippen LogP) is 4.00. The standard InChI is InChI=1S/C20H19F3N4O3S/c1-12-10-27-11-18(26-19(27)30-12)16-9-15(31(28,29)24-2)7-8-17(16)25-14-5-3-13(4-6-14)20(21,22)23/h3-9,11-12,24-25H,10H2,1-2H3/t12-/m1/s1. The van der Waals surface area contributed by atoms with Gasteiger partial charge in [-0.2, -0.15) is 18.2 Å². The smallest absolute Gasteiger partial charge is 0.416 e. The molecule has 1 aromatic heterocycles. The Labute approximate surface area is 176 Å². The lowest BCUT2D eigenvalue weighted by atomic mass is 10.1. The van der Waals surface area contributed by atoms with E-state index in [1.54, 1.807) is 12.3 Å². The molecule has 0 fully saturated rings. The minimum absolute atomic E-state index is 0.0164. The number of fused-ring (bicyclic) bond motifs is 1. The molecule has 0 spiro atoms. The van der Waals surface area contributed by atoms with Gasteiger partial charge in [-0.1, -0.05) is 0 Å². The van der Waals surface area contributed by atoms with Gasteiger partial charge in [-0.25, -0.2) is 13.1 Å². The second-order valence-electron chi connectivity index (χ2n) is 7.10. The second-order valence-corrected chi connectivity index (χ2v) is 8.99. The molecule has 3 aromatic rings. The van der Waals surface area contributed by atoms with E-state index in [9.17, 15) is 21.6 Å². The fraction of sp³-hybridized carbons (Fsp3) is 0.250. The van der Waals surface area contributed by atoms with Crippen LogP contribution in [0.2, 0.25) is 0 Å². The van der Waals surface area contributed by atoms with E-state index >= 15 is 0 Å². The summed E-state index contributed by atoms with van der Waals surface area (Å²) in [7, 11) is -2.40. The number of imidazole rings is 1. The highest BCUT2D eigenvalue weighted by Crippen LogP contribution is 2.36. The lowest BCUT2D eigenvalue weighted by Gasteiger charge is -2.14. The molecule has 0 saturated heterocycles. The maximum atomic E-state index is 12.8. The van der Waals surface area contributed by atoms with Crippen LogP contribution in [-0.2, 0) is 22.7 Å². The summed E-state index contributed by atoms with van der Waals surface area (Å²) >= 11 is 0. The molecule has 164 valence electrons. The zero-order valence-corrected chi connectivity index (χ0v) is 17.4. The van der Waals surface area contributed by atoms with Crippen LogP contribution in [0.5, 0.6) is 6.01 Å². The average Bonchev–Trinajstić information content (AvgIpc) is 3.25. The van der Waals surface area contributed by atoms with Gasteiger partial charge in [-0.3, -0.25) is 4.57 Å². The molecule has 2 aromatic carbocycles. The molecule has 0 aliphatic carbocycles. The topological polar surface area (TPSA) is 85.3 Å². The molecule has 0 bridgehead atoms. The van der Waals surface area contributed by atoms with Crippen molar-refractivity contribution in [2.24, 2.45) is 0 Å². The van der Waals surface area contributed by atoms with Gasteiger partial charge in [-0.15, -0.1) is 0 Å². The van der Waals surface area contributed by atoms with Crippen molar-refractivity contribution in [2.45, 2.75) is 30.6 Å². The molecule has 2 heterocycles. The number of hydrogen-bond donors (Lipinski definition) is 2.